The molecule has 0 radical (unpaired) electrons. The number of fused-ring (bicyclic) bond motifs is 3. The molecule has 6 aromatic rings. The SMILES string of the molecule is C=CCNC(=O)[C@H]1[C@@H]2C(=O)O[C@@H](c3ccccc3)[C@@H](c3ccccc3)N2[C@@H](c2ccc(OCCO)cc2)[C@]12C(=O)N(C(=O)N[C@H](C)c1ccccc1)c1ccc(C#CCN(C)Cc3ccccc3)cc12. The predicted octanol–water partition coefficient (Wildman–Crippen LogP) is 7.98. The molecule has 3 aliphatic rings. The van der Waals surface area contributed by atoms with E-state index in [2.05, 4.69) is 46.1 Å². The molecule has 354 valence electrons. The number of rotatable bonds is 14. The Bertz CT molecular complexity index is 2910. The Morgan fingerprint density at radius 3 is 2.14 bits per heavy atom. The summed E-state index contributed by atoms with van der Waals surface area (Å²) in [6.07, 6.45) is 0.649. The highest BCUT2D eigenvalue weighted by Crippen LogP contribution is 2.66. The van der Waals surface area contributed by atoms with Gasteiger partial charge in [-0.15, -0.1) is 6.58 Å². The molecule has 0 saturated carbocycles. The third kappa shape index (κ3) is 8.98. The van der Waals surface area contributed by atoms with Crippen LogP contribution in [0.2, 0.25) is 0 Å². The van der Waals surface area contributed by atoms with Gasteiger partial charge in [0.2, 0.25) is 11.8 Å². The number of benzene rings is 6. The number of aliphatic hydroxyl groups excluding tert-OH is 1. The number of amides is 4. The van der Waals surface area contributed by atoms with Crippen molar-refractivity contribution in [3.05, 3.63) is 215 Å². The highest BCUT2D eigenvalue weighted by atomic mass is 16.6. The van der Waals surface area contributed by atoms with Crippen molar-refractivity contribution in [2.24, 2.45) is 5.92 Å². The minimum Gasteiger partial charge on any atom is -0.491 e. The summed E-state index contributed by atoms with van der Waals surface area (Å²) < 4.78 is 12.4. The second-order valence-electron chi connectivity index (χ2n) is 17.9. The molecular weight excluding hydrogens is 879 g/mol. The molecule has 3 heterocycles. The van der Waals surface area contributed by atoms with Crippen LogP contribution in [0.3, 0.4) is 0 Å². The number of hydrogen-bond donors (Lipinski definition) is 3. The molecule has 3 aliphatic heterocycles. The van der Waals surface area contributed by atoms with Crippen molar-refractivity contribution in [3.8, 4) is 17.6 Å². The maximum atomic E-state index is 16.6. The van der Waals surface area contributed by atoms with Gasteiger partial charge < -0.3 is 25.2 Å². The third-order valence-corrected chi connectivity index (χ3v) is 13.4. The van der Waals surface area contributed by atoms with Gasteiger partial charge in [0.05, 0.1) is 42.9 Å². The van der Waals surface area contributed by atoms with Crippen LogP contribution in [0, 0.1) is 17.8 Å². The Morgan fingerprint density at radius 1 is 0.843 bits per heavy atom. The summed E-state index contributed by atoms with van der Waals surface area (Å²) in [5.41, 5.74) is 3.22. The van der Waals surface area contributed by atoms with Crippen molar-refractivity contribution < 1.29 is 33.8 Å². The monoisotopic (exact) mass is 933 g/mol. The standard InChI is InChI=1S/C58H55N5O7/c1-4-33-59-54(65)49-51-55(66)70-52(44-25-15-8-16-26-44)50(43-23-13-7-14-24-43)63(51)53(45-28-30-46(31-29-45)69-36-35-64)58(49)47-37-40(20-17-34-61(3)38-41-18-9-5-10-19-41)27-32-48(47)62(56(58)67)57(68)60-39(2)42-21-11-6-12-22-42/h4-16,18-19,21-32,37,39,49-53,64H,1,33-36,38H2,2-3H3,(H,59,65)(H,60,68)/t39-,49-,50-,51-,52+,53+,58-/m1/s1. The van der Waals surface area contributed by atoms with E-state index in [0.29, 0.717) is 41.1 Å². The summed E-state index contributed by atoms with van der Waals surface area (Å²) in [5.74, 6) is 3.65. The second-order valence-corrected chi connectivity index (χ2v) is 17.9. The topological polar surface area (TPSA) is 141 Å². The zero-order valence-corrected chi connectivity index (χ0v) is 39.1. The van der Waals surface area contributed by atoms with E-state index in [1.807, 2.05) is 140 Å². The highest BCUT2D eigenvalue weighted by molar-refractivity contribution is 6.24. The fourth-order valence-corrected chi connectivity index (χ4v) is 10.5. The van der Waals surface area contributed by atoms with Crippen molar-refractivity contribution in [2.75, 3.05) is 38.3 Å². The number of urea groups is 1. The first-order valence-electron chi connectivity index (χ1n) is 23.5. The fourth-order valence-electron chi connectivity index (χ4n) is 10.5. The van der Waals surface area contributed by atoms with Crippen molar-refractivity contribution >= 4 is 29.5 Å². The van der Waals surface area contributed by atoms with Crippen LogP contribution in [0.15, 0.2) is 176 Å². The molecule has 4 amide bonds. The zero-order chi connectivity index (χ0) is 48.8. The number of aliphatic hydroxyl groups is 1. The molecule has 6 aromatic carbocycles. The van der Waals surface area contributed by atoms with Crippen LogP contribution in [-0.2, 0) is 31.1 Å². The Kier molecular flexibility index (Phi) is 14.0. The quantitative estimate of drug-likeness (QED) is 0.0564. The second kappa shape index (κ2) is 20.8. The largest absolute Gasteiger partial charge is 0.491 e. The summed E-state index contributed by atoms with van der Waals surface area (Å²) in [7, 11) is 1.99. The normalized spacial score (nSPS) is 21.8. The summed E-state index contributed by atoms with van der Waals surface area (Å²) >= 11 is 0. The lowest BCUT2D eigenvalue weighted by molar-refractivity contribution is -0.178. The summed E-state index contributed by atoms with van der Waals surface area (Å²) in [6.45, 7) is 6.67. The number of carbonyl (C=O) groups is 4. The molecule has 0 aliphatic carbocycles. The van der Waals surface area contributed by atoms with Gasteiger partial charge >= 0.3 is 12.0 Å². The first-order valence-corrected chi connectivity index (χ1v) is 23.5. The maximum Gasteiger partial charge on any atom is 0.329 e. The molecule has 1 spiro atoms. The molecular formula is C58H55N5O7. The number of hydrogen-bond acceptors (Lipinski definition) is 9. The van der Waals surface area contributed by atoms with E-state index in [4.69, 9.17) is 9.47 Å². The average Bonchev–Trinajstić information content (AvgIpc) is 3.84. The van der Waals surface area contributed by atoms with Gasteiger partial charge in [-0.2, -0.15) is 0 Å². The summed E-state index contributed by atoms with van der Waals surface area (Å²) in [6, 6.07) is 46.6. The first-order chi connectivity index (χ1) is 34.1. The number of morpholine rings is 1. The number of nitrogens with one attached hydrogen (secondary N) is 2. The van der Waals surface area contributed by atoms with Crippen LogP contribution in [-0.4, -0.2) is 78.1 Å². The molecule has 12 nitrogen and oxygen atoms in total. The molecule has 2 fully saturated rings. The van der Waals surface area contributed by atoms with E-state index in [1.165, 1.54) is 6.08 Å². The van der Waals surface area contributed by atoms with Crippen LogP contribution < -0.4 is 20.3 Å². The van der Waals surface area contributed by atoms with E-state index in [9.17, 15) is 5.11 Å². The van der Waals surface area contributed by atoms with Gasteiger partial charge in [0.25, 0.3) is 0 Å². The number of carbonyl (C=O) groups excluding carboxylic acids is 4. The minimum atomic E-state index is -1.97. The van der Waals surface area contributed by atoms with Gasteiger partial charge in [0.1, 0.15) is 29.9 Å². The van der Waals surface area contributed by atoms with Crippen molar-refractivity contribution in [1.82, 2.24) is 20.4 Å². The minimum absolute atomic E-state index is 0.0331. The zero-order valence-electron chi connectivity index (χ0n) is 39.1. The molecule has 2 saturated heterocycles. The highest BCUT2D eigenvalue weighted by Gasteiger charge is 2.75. The van der Waals surface area contributed by atoms with Crippen LogP contribution in [0.5, 0.6) is 5.75 Å². The lowest BCUT2D eigenvalue weighted by atomic mass is 9.65. The lowest BCUT2D eigenvalue weighted by Gasteiger charge is -2.46. The molecule has 7 atom stereocenters. The third-order valence-electron chi connectivity index (χ3n) is 13.4. The van der Waals surface area contributed by atoms with E-state index in [1.54, 1.807) is 30.3 Å². The predicted molar refractivity (Wildman–Crippen MR) is 267 cm³/mol. The number of nitrogens with zero attached hydrogens (tertiary/aromatic N) is 3. The van der Waals surface area contributed by atoms with Gasteiger partial charge in [-0.3, -0.25) is 24.2 Å². The molecule has 0 unspecified atom stereocenters. The Morgan fingerprint density at radius 2 is 1.49 bits per heavy atom. The Hall–Kier alpha value is -7.82. The molecule has 12 heteroatoms. The molecule has 70 heavy (non-hydrogen) atoms. The number of ether oxygens (including phenoxy) is 2. The van der Waals surface area contributed by atoms with Crippen molar-refractivity contribution in [1.29, 1.82) is 0 Å². The van der Waals surface area contributed by atoms with Gasteiger partial charge in [0.15, 0.2) is 0 Å². The number of imide groups is 1. The van der Waals surface area contributed by atoms with Gasteiger partial charge in [-0.05, 0) is 77.7 Å². The summed E-state index contributed by atoms with van der Waals surface area (Å²) in [5, 5.41) is 15.7. The molecule has 0 bridgehead atoms. The van der Waals surface area contributed by atoms with E-state index >= 15 is 19.2 Å². The van der Waals surface area contributed by atoms with E-state index in [0.717, 1.165) is 21.6 Å². The Labute approximate surface area is 408 Å². The first kappa shape index (κ1) is 47.3. The number of cyclic esters (lactones) is 1. The molecule has 3 N–H and O–H groups in total. The molecule has 9 rings (SSSR count). The summed E-state index contributed by atoms with van der Waals surface area (Å²) in [4.78, 5) is 67.6. The number of anilines is 1. The Balaban J connectivity index is 1.29. The number of esters is 1. The van der Waals surface area contributed by atoms with Gasteiger partial charge in [0, 0.05) is 18.7 Å². The van der Waals surface area contributed by atoms with Crippen LogP contribution in [0.1, 0.15) is 70.1 Å². The average molecular weight is 934 g/mol. The van der Waals surface area contributed by atoms with Crippen LogP contribution >= 0.6 is 0 Å². The lowest BCUT2D eigenvalue weighted by Crippen LogP contribution is -2.56. The molecule has 0 aromatic heterocycles. The fraction of sp³-hybridized carbons (Fsp3) is 0.241. The van der Waals surface area contributed by atoms with Crippen LogP contribution in [0.25, 0.3) is 0 Å². The van der Waals surface area contributed by atoms with E-state index in [-0.39, 0.29) is 25.4 Å². The van der Waals surface area contributed by atoms with Gasteiger partial charge in [-0.25, -0.2) is 9.69 Å². The maximum absolute atomic E-state index is 16.6. The van der Waals surface area contributed by atoms with Crippen molar-refractivity contribution in [3.63, 3.8) is 0 Å². The van der Waals surface area contributed by atoms with Crippen LogP contribution in [0.4, 0.5) is 10.5 Å². The van der Waals surface area contributed by atoms with E-state index < -0.39 is 65.4 Å². The smallest absolute Gasteiger partial charge is 0.329 e. The van der Waals surface area contributed by atoms with Gasteiger partial charge in [-0.1, -0.05) is 151 Å². The van der Waals surface area contributed by atoms with Crippen molar-refractivity contribution in [2.45, 2.75) is 49.2 Å².